The Hall–Kier alpha value is -3.74. The van der Waals surface area contributed by atoms with Crippen LogP contribution < -0.4 is 19.7 Å². The molecule has 7 nitrogen and oxygen atoms in total. The van der Waals surface area contributed by atoms with Crippen LogP contribution in [0.4, 0.5) is 5.69 Å². The highest BCUT2D eigenvalue weighted by Crippen LogP contribution is 2.41. The van der Waals surface area contributed by atoms with Crippen LogP contribution in [0.25, 0.3) is 0 Å². The Bertz CT molecular complexity index is 1160. The summed E-state index contributed by atoms with van der Waals surface area (Å²) in [5.41, 5.74) is 2.92. The number of carbonyl (C=O) groups excluding carboxylic acids is 2. The zero-order chi connectivity index (χ0) is 24.9. The van der Waals surface area contributed by atoms with Crippen molar-refractivity contribution < 1.29 is 23.5 Å². The molecule has 1 aliphatic carbocycles. The number of carbonyl (C=O) groups is 2. The minimum absolute atomic E-state index is 0.0696. The van der Waals surface area contributed by atoms with Gasteiger partial charge >= 0.3 is 0 Å². The molecule has 3 aromatic rings. The average Bonchev–Trinajstić information content (AvgIpc) is 3.57. The van der Waals surface area contributed by atoms with E-state index in [0.29, 0.717) is 22.7 Å². The number of hydrogen-bond acceptors (Lipinski definition) is 5. The van der Waals surface area contributed by atoms with E-state index in [9.17, 15) is 9.59 Å². The third-order valence-electron chi connectivity index (χ3n) is 6.57. The Morgan fingerprint density at radius 2 is 1.66 bits per heavy atom. The lowest BCUT2D eigenvalue weighted by molar-refractivity contribution is -0.123. The molecule has 1 aromatic heterocycles. The summed E-state index contributed by atoms with van der Waals surface area (Å²) in [6.07, 6.45) is 5.44. The number of amides is 2. The van der Waals surface area contributed by atoms with Gasteiger partial charge in [0.2, 0.25) is 5.91 Å². The number of rotatable bonds is 8. The van der Waals surface area contributed by atoms with Crippen molar-refractivity contribution in [1.82, 2.24) is 5.32 Å². The Labute approximate surface area is 206 Å². The third kappa shape index (κ3) is 4.90. The summed E-state index contributed by atoms with van der Waals surface area (Å²) in [5, 5.41) is 3.20. The molecule has 1 atom stereocenters. The van der Waals surface area contributed by atoms with Gasteiger partial charge in [-0.3, -0.25) is 14.5 Å². The molecule has 0 radical (unpaired) electrons. The molecule has 1 unspecified atom stereocenters. The van der Waals surface area contributed by atoms with Gasteiger partial charge in [-0.1, -0.05) is 43.2 Å². The van der Waals surface area contributed by atoms with Crippen molar-refractivity contribution in [3.8, 4) is 11.5 Å². The number of nitrogens with zero attached hydrogens (tertiary/aromatic N) is 1. The monoisotopic (exact) mass is 476 g/mol. The number of nitrogens with one attached hydrogen (secondary N) is 1. The number of ether oxygens (including phenoxy) is 2. The van der Waals surface area contributed by atoms with Crippen LogP contribution in [0.5, 0.6) is 11.5 Å². The zero-order valence-electron chi connectivity index (χ0n) is 20.7. The lowest BCUT2D eigenvalue weighted by Gasteiger charge is -2.34. The molecule has 35 heavy (non-hydrogen) atoms. The predicted octanol–water partition coefficient (Wildman–Crippen LogP) is 5.36. The summed E-state index contributed by atoms with van der Waals surface area (Å²) in [6.45, 7) is 3.86. The van der Waals surface area contributed by atoms with E-state index < -0.39 is 11.9 Å². The maximum Gasteiger partial charge on any atom is 0.294 e. The van der Waals surface area contributed by atoms with Crippen LogP contribution in [0.2, 0.25) is 0 Å². The van der Waals surface area contributed by atoms with Crippen LogP contribution in [-0.4, -0.2) is 32.1 Å². The molecule has 1 aliphatic rings. The zero-order valence-corrected chi connectivity index (χ0v) is 20.7. The van der Waals surface area contributed by atoms with E-state index in [1.54, 1.807) is 37.4 Å². The Morgan fingerprint density at radius 3 is 2.26 bits per heavy atom. The van der Waals surface area contributed by atoms with E-state index in [0.717, 1.165) is 36.8 Å². The molecule has 1 saturated carbocycles. The van der Waals surface area contributed by atoms with Crippen molar-refractivity contribution in [2.45, 2.75) is 51.6 Å². The van der Waals surface area contributed by atoms with E-state index in [-0.39, 0.29) is 17.7 Å². The van der Waals surface area contributed by atoms with Crippen molar-refractivity contribution in [2.24, 2.45) is 0 Å². The molecule has 2 aromatic carbocycles. The van der Waals surface area contributed by atoms with Gasteiger partial charge in [-0.15, -0.1) is 0 Å². The molecule has 1 fully saturated rings. The molecule has 1 N–H and O–H groups in total. The van der Waals surface area contributed by atoms with E-state index in [4.69, 9.17) is 13.9 Å². The molecule has 7 heteroatoms. The number of anilines is 1. The first-order valence-corrected chi connectivity index (χ1v) is 11.9. The molecule has 0 saturated heterocycles. The maximum absolute atomic E-state index is 14.0. The number of benzene rings is 2. The number of furan rings is 1. The molecule has 0 spiro atoms. The van der Waals surface area contributed by atoms with Gasteiger partial charge in [0.15, 0.2) is 17.3 Å². The number of para-hydroxylation sites is 2. The Kier molecular flexibility index (Phi) is 7.44. The standard InChI is InChI=1S/C28H32N2O5/c1-18-10-7-11-19(2)24(18)30(28(32)23-16-9-17-35-23)25(27(31)29-20-12-5-6-13-20)21-14-8-15-22(33-3)26(21)34-4/h7-11,14-17,20,25H,5-6,12-13H2,1-4H3,(H,29,31). The average molecular weight is 477 g/mol. The van der Waals surface area contributed by atoms with Gasteiger partial charge in [0.05, 0.1) is 26.2 Å². The summed E-state index contributed by atoms with van der Waals surface area (Å²) in [5.74, 6) is 0.351. The van der Waals surface area contributed by atoms with Crippen LogP contribution >= 0.6 is 0 Å². The molecule has 184 valence electrons. The lowest BCUT2D eigenvalue weighted by Crippen LogP contribution is -2.47. The van der Waals surface area contributed by atoms with Gasteiger partial charge in [-0.2, -0.15) is 0 Å². The largest absolute Gasteiger partial charge is 0.493 e. The SMILES string of the molecule is COc1cccc(C(C(=O)NC2CCCC2)N(C(=O)c2ccco2)c2c(C)cccc2C)c1OC. The second-order valence-electron chi connectivity index (χ2n) is 8.87. The highest BCUT2D eigenvalue weighted by atomic mass is 16.5. The second-order valence-corrected chi connectivity index (χ2v) is 8.87. The van der Waals surface area contributed by atoms with Crippen LogP contribution in [-0.2, 0) is 4.79 Å². The third-order valence-corrected chi connectivity index (χ3v) is 6.57. The highest BCUT2D eigenvalue weighted by Gasteiger charge is 2.39. The number of aryl methyl sites for hydroxylation is 2. The molecular weight excluding hydrogens is 444 g/mol. The first-order valence-electron chi connectivity index (χ1n) is 11.9. The Morgan fingerprint density at radius 1 is 0.971 bits per heavy atom. The van der Waals surface area contributed by atoms with Gasteiger partial charge in [-0.05, 0) is 56.0 Å². The molecule has 1 heterocycles. The van der Waals surface area contributed by atoms with E-state index in [1.807, 2.05) is 32.0 Å². The van der Waals surface area contributed by atoms with Crippen LogP contribution in [0, 0.1) is 13.8 Å². The van der Waals surface area contributed by atoms with E-state index >= 15 is 0 Å². The topological polar surface area (TPSA) is 81.0 Å². The number of hydrogen-bond donors (Lipinski definition) is 1. The lowest BCUT2D eigenvalue weighted by atomic mass is 9.98. The number of methoxy groups -OCH3 is 2. The normalized spacial score (nSPS) is 14.4. The van der Waals surface area contributed by atoms with Gasteiger partial charge < -0.3 is 19.2 Å². The minimum Gasteiger partial charge on any atom is -0.493 e. The molecule has 0 aliphatic heterocycles. The van der Waals surface area contributed by atoms with Crippen molar-refractivity contribution in [1.29, 1.82) is 0 Å². The molecule has 4 rings (SSSR count). The van der Waals surface area contributed by atoms with Gasteiger partial charge in [0.1, 0.15) is 6.04 Å². The summed E-state index contributed by atoms with van der Waals surface area (Å²) < 4.78 is 16.7. The summed E-state index contributed by atoms with van der Waals surface area (Å²) >= 11 is 0. The summed E-state index contributed by atoms with van der Waals surface area (Å²) in [7, 11) is 3.08. The Balaban J connectivity index is 1.94. The van der Waals surface area contributed by atoms with Crippen LogP contribution in [0.3, 0.4) is 0 Å². The fourth-order valence-corrected chi connectivity index (χ4v) is 4.93. The molecular formula is C28H32N2O5. The first kappa shape index (κ1) is 24.4. The van der Waals surface area contributed by atoms with E-state index in [1.165, 1.54) is 18.3 Å². The van der Waals surface area contributed by atoms with Crippen LogP contribution in [0.1, 0.15) is 59.0 Å². The minimum atomic E-state index is -1.02. The molecule has 0 bridgehead atoms. The van der Waals surface area contributed by atoms with Crippen molar-refractivity contribution in [3.05, 3.63) is 77.2 Å². The van der Waals surface area contributed by atoms with Gasteiger partial charge in [0, 0.05) is 11.6 Å². The fourth-order valence-electron chi connectivity index (χ4n) is 4.93. The first-order chi connectivity index (χ1) is 17.0. The summed E-state index contributed by atoms with van der Waals surface area (Å²) in [4.78, 5) is 29.6. The van der Waals surface area contributed by atoms with Gasteiger partial charge in [-0.25, -0.2) is 0 Å². The van der Waals surface area contributed by atoms with E-state index in [2.05, 4.69) is 5.32 Å². The smallest absolute Gasteiger partial charge is 0.294 e. The van der Waals surface area contributed by atoms with Crippen molar-refractivity contribution in [2.75, 3.05) is 19.1 Å². The molecule has 2 amide bonds. The van der Waals surface area contributed by atoms with Crippen molar-refractivity contribution >= 4 is 17.5 Å². The quantitative estimate of drug-likeness (QED) is 0.473. The van der Waals surface area contributed by atoms with Crippen molar-refractivity contribution in [3.63, 3.8) is 0 Å². The fraction of sp³-hybridized carbons (Fsp3) is 0.357. The predicted molar refractivity (Wildman–Crippen MR) is 134 cm³/mol. The van der Waals surface area contributed by atoms with Gasteiger partial charge in [0.25, 0.3) is 5.91 Å². The second kappa shape index (κ2) is 10.7. The highest BCUT2D eigenvalue weighted by molar-refractivity contribution is 6.09. The summed E-state index contributed by atoms with van der Waals surface area (Å²) in [6, 6.07) is 13.5. The maximum atomic E-state index is 14.0. The van der Waals surface area contributed by atoms with Crippen LogP contribution in [0.15, 0.2) is 59.2 Å².